The van der Waals surface area contributed by atoms with E-state index in [1.165, 1.54) is 4.31 Å². The molecule has 0 aromatic heterocycles. The lowest BCUT2D eigenvalue weighted by atomic mass is 10.2. The molecular weight excluding hydrogens is 342 g/mol. The highest BCUT2D eigenvalue weighted by Gasteiger charge is 2.32. The van der Waals surface area contributed by atoms with Gasteiger partial charge in [0, 0.05) is 38.4 Å². The molecule has 0 radical (unpaired) electrons. The number of nitrogens with one attached hydrogen (secondary N) is 1. The van der Waals surface area contributed by atoms with Gasteiger partial charge in [-0.25, -0.2) is 13.2 Å². The van der Waals surface area contributed by atoms with E-state index in [0.29, 0.717) is 18.0 Å². The van der Waals surface area contributed by atoms with Crippen molar-refractivity contribution in [3.63, 3.8) is 0 Å². The summed E-state index contributed by atoms with van der Waals surface area (Å²) >= 11 is 0. The molecule has 1 aromatic carbocycles. The van der Waals surface area contributed by atoms with Crippen molar-refractivity contribution in [1.82, 2.24) is 9.21 Å². The van der Waals surface area contributed by atoms with Crippen LogP contribution in [0.3, 0.4) is 0 Å². The second-order valence-electron chi connectivity index (χ2n) is 7.37. The van der Waals surface area contributed by atoms with E-state index in [-0.39, 0.29) is 13.1 Å². The summed E-state index contributed by atoms with van der Waals surface area (Å²) in [5.74, 6) is 0. The molecule has 0 unspecified atom stereocenters. The molecule has 3 rings (SSSR count). The van der Waals surface area contributed by atoms with Gasteiger partial charge in [0.25, 0.3) is 0 Å². The number of fused-ring (bicyclic) bond motifs is 1. The number of ether oxygens (including phenoxy) is 1. The van der Waals surface area contributed by atoms with Crippen LogP contribution in [-0.4, -0.2) is 62.0 Å². The molecular formula is C17H25N3O4S. The van der Waals surface area contributed by atoms with Crippen LogP contribution in [0.25, 0.3) is 0 Å². The summed E-state index contributed by atoms with van der Waals surface area (Å²) in [6, 6.07) is 5.23. The zero-order chi connectivity index (χ0) is 18.2. The Labute approximate surface area is 149 Å². The molecule has 1 fully saturated rings. The lowest BCUT2D eigenvalue weighted by Crippen LogP contribution is -2.51. The number of benzene rings is 1. The molecule has 0 saturated carbocycles. The zero-order valence-corrected chi connectivity index (χ0v) is 15.7. The van der Waals surface area contributed by atoms with Crippen LogP contribution in [0.4, 0.5) is 10.5 Å². The highest BCUT2D eigenvalue weighted by Crippen LogP contribution is 2.27. The summed E-state index contributed by atoms with van der Waals surface area (Å²) < 4.78 is 32.5. The molecule has 8 heteroatoms. The number of piperazine rings is 1. The van der Waals surface area contributed by atoms with Crippen molar-refractivity contribution in [3.05, 3.63) is 23.8 Å². The Kier molecular flexibility index (Phi) is 4.68. The van der Waals surface area contributed by atoms with Crippen molar-refractivity contribution in [3.8, 4) is 0 Å². The van der Waals surface area contributed by atoms with E-state index in [4.69, 9.17) is 4.74 Å². The number of anilines is 1. The third-order valence-corrected chi connectivity index (χ3v) is 6.21. The normalized spacial score (nSPS) is 18.6. The van der Waals surface area contributed by atoms with Crippen molar-refractivity contribution in [2.75, 3.05) is 38.0 Å². The minimum absolute atomic E-state index is 0.275. The van der Waals surface area contributed by atoms with Gasteiger partial charge in [-0.05, 0) is 51.0 Å². The lowest BCUT2D eigenvalue weighted by molar-refractivity contribution is 0.0192. The van der Waals surface area contributed by atoms with Crippen LogP contribution in [0, 0.1) is 0 Å². The van der Waals surface area contributed by atoms with Crippen molar-refractivity contribution < 1.29 is 17.9 Å². The van der Waals surface area contributed by atoms with E-state index in [9.17, 15) is 13.2 Å². The Balaban J connectivity index is 1.67. The van der Waals surface area contributed by atoms with E-state index in [1.807, 2.05) is 26.8 Å². The van der Waals surface area contributed by atoms with Gasteiger partial charge in [0.05, 0.1) is 4.90 Å². The van der Waals surface area contributed by atoms with Gasteiger partial charge in [-0.15, -0.1) is 0 Å². The standard InChI is InChI=1S/C17H25N3O4S/c1-17(2,3)24-16(21)19-8-10-20(11-9-19)25(22,23)14-4-5-15-13(12-14)6-7-18-15/h4-5,12,18H,6-11H2,1-3H3. The molecule has 138 valence electrons. The molecule has 1 N–H and O–H groups in total. The largest absolute Gasteiger partial charge is 0.444 e. The number of amides is 1. The number of carbonyl (C=O) groups excluding carboxylic acids is 1. The SMILES string of the molecule is CC(C)(C)OC(=O)N1CCN(S(=O)(=O)c2ccc3c(c2)CCN3)CC1. The summed E-state index contributed by atoms with van der Waals surface area (Å²) in [4.78, 5) is 14.0. The number of carbonyl (C=O) groups is 1. The maximum atomic E-state index is 12.9. The third-order valence-electron chi connectivity index (χ3n) is 4.31. The quantitative estimate of drug-likeness (QED) is 0.864. The molecule has 0 atom stereocenters. The molecule has 7 nitrogen and oxygen atoms in total. The van der Waals surface area contributed by atoms with Gasteiger partial charge in [0.15, 0.2) is 0 Å². The van der Waals surface area contributed by atoms with Crippen LogP contribution < -0.4 is 5.32 Å². The van der Waals surface area contributed by atoms with E-state index < -0.39 is 21.7 Å². The van der Waals surface area contributed by atoms with Gasteiger partial charge in [-0.2, -0.15) is 4.31 Å². The molecule has 2 aliphatic heterocycles. The molecule has 1 saturated heterocycles. The number of hydrogen-bond acceptors (Lipinski definition) is 5. The fraction of sp³-hybridized carbons (Fsp3) is 0.588. The maximum absolute atomic E-state index is 12.9. The average Bonchev–Trinajstić information content (AvgIpc) is 3.01. The number of nitrogens with zero attached hydrogens (tertiary/aromatic N) is 2. The van der Waals surface area contributed by atoms with Gasteiger partial charge >= 0.3 is 6.09 Å². The minimum Gasteiger partial charge on any atom is -0.444 e. The molecule has 2 aliphatic rings. The average molecular weight is 367 g/mol. The summed E-state index contributed by atoms with van der Waals surface area (Å²) in [6.45, 7) is 7.50. The first-order valence-electron chi connectivity index (χ1n) is 8.52. The predicted molar refractivity (Wildman–Crippen MR) is 95.2 cm³/mol. The van der Waals surface area contributed by atoms with E-state index in [0.717, 1.165) is 24.2 Å². The van der Waals surface area contributed by atoms with Crippen molar-refractivity contribution in [2.45, 2.75) is 37.7 Å². The Morgan fingerprint density at radius 2 is 1.84 bits per heavy atom. The Bertz CT molecular complexity index is 763. The molecule has 0 spiro atoms. The Morgan fingerprint density at radius 3 is 2.48 bits per heavy atom. The molecule has 1 aromatic rings. The second-order valence-corrected chi connectivity index (χ2v) is 9.31. The third kappa shape index (κ3) is 3.90. The molecule has 0 bridgehead atoms. The van der Waals surface area contributed by atoms with Gasteiger partial charge in [-0.3, -0.25) is 0 Å². The number of hydrogen-bond donors (Lipinski definition) is 1. The summed E-state index contributed by atoms with van der Waals surface area (Å²) in [5, 5.41) is 3.23. The molecule has 0 aliphatic carbocycles. The topological polar surface area (TPSA) is 79.0 Å². The monoisotopic (exact) mass is 367 g/mol. The van der Waals surface area contributed by atoms with Gasteiger partial charge < -0.3 is 15.0 Å². The van der Waals surface area contributed by atoms with Crippen LogP contribution in [-0.2, 0) is 21.2 Å². The van der Waals surface area contributed by atoms with Crippen LogP contribution in [0.5, 0.6) is 0 Å². The lowest BCUT2D eigenvalue weighted by Gasteiger charge is -2.35. The van der Waals surface area contributed by atoms with Gasteiger partial charge in [0.2, 0.25) is 10.0 Å². The van der Waals surface area contributed by atoms with Crippen molar-refractivity contribution in [1.29, 1.82) is 0 Å². The summed E-state index contributed by atoms with van der Waals surface area (Å²) in [6.07, 6.45) is 0.443. The van der Waals surface area contributed by atoms with Crippen molar-refractivity contribution in [2.24, 2.45) is 0 Å². The smallest absolute Gasteiger partial charge is 0.410 e. The Morgan fingerprint density at radius 1 is 1.16 bits per heavy atom. The van der Waals surface area contributed by atoms with Crippen molar-refractivity contribution >= 4 is 21.8 Å². The van der Waals surface area contributed by atoms with Crippen LogP contribution >= 0.6 is 0 Å². The van der Waals surface area contributed by atoms with Crippen LogP contribution in [0.15, 0.2) is 23.1 Å². The first-order chi connectivity index (χ1) is 11.7. The highest BCUT2D eigenvalue weighted by molar-refractivity contribution is 7.89. The Hall–Kier alpha value is -1.80. The molecule has 1 amide bonds. The minimum atomic E-state index is -3.54. The van der Waals surface area contributed by atoms with Crippen LogP contribution in [0.1, 0.15) is 26.3 Å². The molecule has 2 heterocycles. The van der Waals surface area contributed by atoms with E-state index >= 15 is 0 Å². The maximum Gasteiger partial charge on any atom is 0.410 e. The van der Waals surface area contributed by atoms with Gasteiger partial charge in [0.1, 0.15) is 5.60 Å². The molecule has 25 heavy (non-hydrogen) atoms. The second kappa shape index (κ2) is 6.49. The van der Waals surface area contributed by atoms with Crippen LogP contribution in [0.2, 0.25) is 0 Å². The fourth-order valence-corrected chi connectivity index (χ4v) is 4.50. The zero-order valence-electron chi connectivity index (χ0n) is 14.9. The predicted octanol–water partition coefficient (Wildman–Crippen LogP) is 1.90. The highest BCUT2D eigenvalue weighted by atomic mass is 32.2. The first kappa shape index (κ1) is 18.0. The van der Waals surface area contributed by atoms with Gasteiger partial charge in [-0.1, -0.05) is 0 Å². The summed E-state index contributed by atoms with van der Waals surface area (Å²) in [5.41, 5.74) is 1.49. The number of sulfonamides is 1. The number of rotatable bonds is 2. The van der Waals surface area contributed by atoms with E-state index in [2.05, 4.69) is 5.32 Å². The summed E-state index contributed by atoms with van der Waals surface area (Å²) in [7, 11) is -3.54. The van der Waals surface area contributed by atoms with E-state index in [1.54, 1.807) is 17.0 Å². The first-order valence-corrected chi connectivity index (χ1v) is 9.96. The fourth-order valence-electron chi connectivity index (χ4n) is 3.03.